The van der Waals surface area contributed by atoms with Crippen LogP contribution in [0.1, 0.15) is 16.1 Å². The summed E-state index contributed by atoms with van der Waals surface area (Å²) in [5.74, 6) is -0.0583. The summed E-state index contributed by atoms with van der Waals surface area (Å²) in [5, 5.41) is 4.50. The predicted molar refractivity (Wildman–Crippen MR) is 95.4 cm³/mol. The first kappa shape index (κ1) is 14.2. The lowest BCUT2D eigenvalue weighted by molar-refractivity contribution is 0.104. The SMILES string of the molecule is O=C(/C=C/c1c(Cl)nc2sccn12)c1ccc2ccccc2c1. The molecule has 4 aromatic rings. The number of fused-ring (bicyclic) bond motifs is 2. The third-order valence-corrected chi connectivity index (χ3v) is 4.72. The molecule has 0 saturated heterocycles. The minimum atomic E-state index is -0.0583. The number of allylic oxidation sites excluding steroid dienone is 1. The highest BCUT2D eigenvalue weighted by atomic mass is 35.5. The molecule has 2 aromatic heterocycles. The largest absolute Gasteiger partial charge is 0.289 e. The van der Waals surface area contributed by atoms with Crippen molar-refractivity contribution in [1.29, 1.82) is 0 Å². The van der Waals surface area contributed by atoms with E-state index in [4.69, 9.17) is 11.6 Å². The average molecular weight is 339 g/mol. The van der Waals surface area contributed by atoms with Gasteiger partial charge in [-0.05, 0) is 29.0 Å². The van der Waals surface area contributed by atoms with Crippen LogP contribution in [0.4, 0.5) is 0 Å². The van der Waals surface area contributed by atoms with Gasteiger partial charge in [0.05, 0.1) is 5.69 Å². The molecule has 0 unspecified atom stereocenters. The molecule has 2 aromatic carbocycles. The second-order valence-corrected chi connectivity index (χ2v) is 6.33. The van der Waals surface area contributed by atoms with Gasteiger partial charge in [0.2, 0.25) is 0 Å². The van der Waals surface area contributed by atoms with Gasteiger partial charge < -0.3 is 0 Å². The van der Waals surface area contributed by atoms with Crippen LogP contribution in [0.3, 0.4) is 0 Å². The topological polar surface area (TPSA) is 34.4 Å². The van der Waals surface area contributed by atoms with Crippen molar-refractivity contribution in [2.75, 3.05) is 0 Å². The summed E-state index contributed by atoms with van der Waals surface area (Å²) in [4.78, 5) is 17.5. The van der Waals surface area contributed by atoms with Gasteiger partial charge >= 0.3 is 0 Å². The number of benzene rings is 2. The van der Waals surface area contributed by atoms with Crippen LogP contribution < -0.4 is 0 Å². The Morgan fingerprint density at radius 2 is 2.00 bits per heavy atom. The van der Waals surface area contributed by atoms with E-state index in [0.717, 1.165) is 21.4 Å². The van der Waals surface area contributed by atoms with E-state index in [-0.39, 0.29) is 5.78 Å². The lowest BCUT2D eigenvalue weighted by atomic mass is 10.0. The molecule has 0 spiro atoms. The van der Waals surface area contributed by atoms with Crippen LogP contribution in [0.5, 0.6) is 0 Å². The molecule has 112 valence electrons. The first-order chi connectivity index (χ1) is 11.2. The first-order valence-electron chi connectivity index (χ1n) is 7.04. The van der Waals surface area contributed by atoms with Crippen LogP contribution >= 0.6 is 22.9 Å². The van der Waals surface area contributed by atoms with Crippen LogP contribution in [0.2, 0.25) is 5.15 Å². The fourth-order valence-electron chi connectivity index (χ4n) is 2.52. The zero-order valence-electron chi connectivity index (χ0n) is 11.9. The molecular formula is C18H11ClN2OS. The Morgan fingerprint density at radius 3 is 2.87 bits per heavy atom. The molecule has 0 aliphatic heterocycles. The fraction of sp³-hybridized carbons (Fsp3) is 0. The van der Waals surface area contributed by atoms with Gasteiger partial charge in [0.1, 0.15) is 0 Å². The van der Waals surface area contributed by atoms with Gasteiger partial charge in [-0.25, -0.2) is 4.98 Å². The maximum absolute atomic E-state index is 12.4. The Kier molecular flexibility index (Phi) is 3.48. The summed E-state index contributed by atoms with van der Waals surface area (Å²) in [6.45, 7) is 0. The van der Waals surface area contributed by atoms with E-state index in [0.29, 0.717) is 10.7 Å². The molecule has 23 heavy (non-hydrogen) atoms. The molecule has 0 saturated carbocycles. The second kappa shape index (κ2) is 5.65. The van der Waals surface area contributed by atoms with E-state index in [1.165, 1.54) is 17.4 Å². The number of aromatic nitrogens is 2. The molecular weight excluding hydrogens is 328 g/mol. The highest BCUT2D eigenvalue weighted by Crippen LogP contribution is 2.23. The summed E-state index contributed by atoms with van der Waals surface area (Å²) in [7, 11) is 0. The lowest BCUT2D eigenvalue weighted by Gasteiger charge is -2.00. The van der Waals surface area contributed by atoms with Crippen LogP contribution in [0, 0.1) is 0 Å². The smallest absolute Gasteiger partial charge is 0.195 e. The van der Waals surface area contributed by atoms with E-state index in [1.54, 1.807) is 6.08 Å². The zero-order chi connectivity index (χ0) is 15.8. The van der Waals surface area contributed by atoms with Gasteiger partial charge in [0.15, 0.2) is 15.9 Å². The third-order valence-electron chi connectivity index (χ3n) is 3.68. The molecule has 0 amide bonds. The number of nitrogens with zero attached hydrogens (tertiary/aromatic N) is 2. The van der Waals surface area contributed by atoms with E-state index in [9.17, 15) is 4.79 Å². The lowest BCUT2D eigenvalue weighted by Crippen LogP contribution is -1.94. The Morgan fingerprint density at radius 1 is 1.17 bits per heavy atom. The molecule has 0 fully saturated rings. The van der Waals surface area contributed by atoms with Crippen LogP contribution in [-0.2, 0) is 0 Å². The summed E-state index contributed by atoms with van der Waals surface area (Å²) >= 11 is 7.63. The van der Waals surface area contributed by atoms with Crippen LogP contribution in [-0.4, -0.2) is 15.2 Å². The van der Waals surface area contributed by atoms with Crippen molar-refractivity contribution in [3.63, 3.8) is 0 Å². The van der Waals surface area contributed by atoms with Crippen molar-refractivity contribution < 1.29 is 4.79 Å². The summed E-state index contributed by atoms with van der Waals surface area (Å²) in [5.41, 5.74) is 1.37. The van der Waals surface area contributed by atoms with Crippen molar-refractivity contribution in [1.82, 2.24) is 9.38 Å². The quantitative estimate of drug-likeness (QED) is 0.385. The van der Waals surface area contributed by atoms with Gasteiger partial charge in [-0.3, -0.25) is 9.20 Å². The standard InChI is InChI=1S/C18H11ClN2OS/c19-17-15(21-9-10-23-18(21)20-17)7-8-16(22)14-6-5-12-3-1-2-4-13(12)11-14/h1-11H/b8-7+. The van der Waals surface area contributed by atoms with E-state index in [1.807, 2.05) is 58.4 Å². The van der Waals surface area contributed by atoms with Gasteiger partial charge in [-0.2, -0.15) is 0 Å². The molecule has 5 heteroatoms. The number of hydrogen-bond donors (Lipinski definition) is 0. The van der Waals surface area contributed by atoms with Crippen molar-refractivity contribution in [2.24, 2.45) is 0 Å². The monoisotopic (exact) mass is 338 g/mol. The van der Waals surface area contributed by atoms with Crippen molar-refractivity contribution in [3.8, 4) is 0 Å². The highest BCUT2D eigenvalue weighted by molar-refractivity contribution is 7.15. The molecule has 0 bridgehead atoms. The Bertz CT molecular complexity index is 1060. The molecule has 2 heterocycles. The third kappa shape index (κ3) is 2.56. The first-order valence-corrected chi connectivity index (χ1v) is 8.30. The number of imidazole rings is 1. The van der Waals surface area contributed by atoms with E-state index in [2.05, 4.69) is 4.98 Å². The molecule has 0 N–H and O–H groups in total. The minimum Gasteiger partial charge on any atom is -0.289 e. The maximum Gasteiger partial charge on any atom is 0.195 e. The summed E-state index contributed by atoms with van der Waals surface area (Å²) < 4.78 is 1.87. The number of rotatable bonds is 3. The van der Waals surface area contributed by atoms with Crippen LogP contribution in [0.25, 0.3) is 21.8 Å². The van der Waals surface area contributed by atoms with Crippen molar-refractivity contribution in [2.45, 2.75) is 0 Å². The fourth-order valence-corrected chi connectivity index (χ4v) is 3.52. The van der Waals surface area contributed by atoms with Gasteiger partial charge in [-0.15, -0.1) is 11.3 Å². The van der Waals surface area contributed by atoms with E-state index >= 15 is 0 Å². The van der Waals surface area contributed by atoms with Gasteiger partial charge in [0, 0.05) is 17.1 Å². The average Bonchev–Trinajstić information content (AvgIpc) is 3.13. The molecule has 0 radical (unpaired) electrons. The number of carbonyl (C=O) groups is 1. The summed E-state index contributed by atoms with van der Waals surface area (Å²) in [6.07, 6.45) is 5.14. The minimum absolute atomic E-state index is 0.0583. The Labute approximate surface area is 141 Å². The normalized spacial score (nSPS) is 11.7. The van der Waals surface area contributed by atoms with Gasteiger partial charge in [0.25, 0.3) is 0 Å². The molecule has 0 aliphatic carbocycles. The predicted octanol–water partition coefficient (Wildman–Crippen LogP) is 5.10. The Hall–Kier alpha value is -2.43. The zero-order valence-corrected chi connectivity index (χ0v) is 13.5. The molecule has 0 aliphatic rings. The van der Waals surface area contributed by atoms with Crippen LogP contribution in [0.15, 0.2) is 60.1 Å². The molecule has 0 atom stereocenters. The van der Waals surface area contributed by atoms with Gasteiger partial charge in [-0.1, -0.05) is 48.0 Å². The maximum atomic E-state index is 12.4. The second-order valence-electron chi connectivity index (χ2n) is 5.10. The molecule has 4 rings (SSSR count). The highest BCUT2D eigenvalue weighted by Gasteiger charge is 2.09. The number of carbonyl (C=O) groups excluding carboxylic acids is 1. The van der Waals surface area contributed by atoms with Crippen molar-refractivity contribution in [3.05, 3.63) is 76.5 Å². The molecule has 3 nitrogen and oxygen atoms in total. The van der Waals surface area contributed by atoms with E-state index < -0.39 is 0 Å². The Balaban J connectivity index is 1.68. The van der Waals surface area contributed by atoms with Crippen molar-refractivity contribution >= 4 is 50.5 Å². The number of thiazole rings is 1. The number of halogens is 1. The number of hydrogen-bond acceptors (Lipinski definition) is 3. The number of ketones is 1. The summed E-state index contributed by atoms with van der Waals surface area (Å²) in [6, 6.07) is 13.7.